The quantitative estimate of drug-likeness (QED) is 0.704. The van der Waals surface area contributed by atoms with Gasteiger partial charge in [-0.05, 0) is 27.7 Å². The lowest BCUT2D eigenvalue weighted by atomic mass is 10.1. The normalized spacial score (nSPS) is 23.2. The van der Waals surface area contributed by atoms with Crippen molar-refractivity contribution in [3.63, 3.8) is 0 Å². The van der Waals surface area contributed by atoms with Gasteiger partial charge >= 0.3 is 5.97 Å². The number of primary sulfonamides is 1. The van der Waals surface area contributed by atoms with E-state index in [9.17, 15) is 23.1 Å². The van der Waals surface area contributed by atoms with Crippen molar-refractivity contribution in [3.8, 4) is 0 Å². The smallest absolute Gasteiger partial charge is 0.329 e. The Hall–Kier alpha value is -1.19. The van der Waals surface area contributed by atoms with Crippen molar-refractivity contribution < 1.29 is 27.9 Å². The molecule has 21 heavy (non-hydrogen) atoms. The number of carbonyl (C=O) groups is 2. The van der Waals surface area contributed by atoms with Crippen molar-refractivity contribution in [3.05, 3.63) is 0 Å². The monoisotopic (exact) mass is 322 g/mol. The fourth-order valence-electron chi connectivity index (χ4n) is 2.40. The van der Waals surface area contributed by atoms with Crippen LogP contribution in [0.5, 0.6) is 0 Å². The molecule has 1 rings (SSSR count). The summed E-state index contributed by atoms with van der Waals surface area (Å²) in [5.74, 6) is -1.79. The molecule has 1 aliphatic heterocycles. The molecule has 0 aliphatic carbocycles. The Bertz CT molecular complexity index is 524. The van der Waals surface area contributed by atoms with E-state index in [2.05, 4.69) is 0 Å². The van der Waals surface area contributed by atoms with Gasteiger partial charge in [0, 0.05) is 13.0 Å². The summed E-state index contributed by atoms with van der Waals surface area (Å²) in [6.07, 6.45) is -1.09. The number of carboxylic acids is 1. The summed E-state index contributed by atoms with van der Waals surface area (Å²) < 4.78 is 28.3. The number of hydrogen-bond donors (Lipinski definition) is 2. The average molecular weight is 322 g/mol. The van der Waals surface area contributed by atoms with E-state index in [1.54, 1.807) is 27.7 Å². The molecule has 0 bridgehead atoms. The third kappa shape index (κ3) is 4.65. The van der Waals surface area contributed by atoms with E-state index in [0.29, 0.717) is 0 Å². The number of nitrogens with zero attached hydrogens (tertiary/aromatic N) is 1. The predicted molar refractivity (Wildman–Crippen MR) is 74.9 cm³/mol. The van der Waals surface area contributed by atoms with Crippen LogP contribution in [0.4, 0.5) is 0 Å². The largest absolute Gasteiger partial charge is 0.480 e. The highest BCUT2D eigenvalue weighted by atomic mass is 32.2. The molecule has 8 nitrogen and oxygen atoms in total. The van der Waals surface area contributed by atoms with Gasteiger partial charge in [0.25, 0.3) is 0 Å². The Labute approximate surface area is 124 Å². The summed E-state index contributed by atoms with van der Waals surface area (Å²) in [4.78, 5) is 24.4. The molecule has 9 heteroatoms. The molecule has 1 aliphatic rings. The lowest BCUT2D eigenvalue weighted by molar-refractivity contribution is -0.160. The Balaban J connectivity index is 2.97. The van der Waals surface area contributed by atoms with Gasteiger partial charge in [-0.15, -0.1) is 0 Å². The minimum Gasteiger partial charge on any atom is -0.480 e. The molecule has 0 aromatic heterocycles. The van der Waals surface area contributed by atoms with Crippen LogP contribution in [-0.2, 0) is 24.3 Å². The van der Waals surface area contributed by atoms with Crippen molar-refractivity contribution in [2.75, 3.05) is 6.54 Å². The Kier molecular flexibility index (Phi) is 5.01. The van der Waals surface area contributed by atoms with E-state index in [-0.39, 0.29) is 13.0 Å². The zero-order valence-corrected chi connectivity index (χ0v) is 13.4. The zero-order chi connectivity index (χ0) is 16.6. The van der Waals surface area contributed by atoms with E-state index in [0.717, 1.165) is 4.90 Å². The van der Waals surface area contributed by atoms with Crippen LogP contribution in [0.1, 0.15) is 34.1 Å². The first-order valence-electron chi connectivity index (χ1n) is 6.54. The van der Waals surface area contributed by atoms with Crippen LogP contribution in [0.25, 0.3) is 0 Å². The fraction of sp³-hybridized carbons (Fsp3) is 0.833. The number of rotatable bonds is 5. The standard InChI is InChI=1S/C12H22N2O6S/c1-7(20-12(2,3)4)10(11(16)17)14-6-8(5-9(14)15)21(13,18)19/h7-8,10H,5-6H2,1-4H3,(H,16,17)(H2,13,18,19)/t7-,8?,10+/m0/s1. The molecule has 122 valence electrons. The third-order valence-corrected chi connectivity index (χ3v) is 4.41. The molecule has 3 N–H and O–H groups in total. The lowest BCUT2D eigenvalue weighted by Crippen LogP contribution is -2.51. The highest BCUT2D eigenvalue weighted by Gasteiger charge is 2.44. The van der Waals surface area contributed by atoms with Crippen molar-refractivity contribution in [1.29, 1.82) is 0 Å². The highest BCUT2D eigenvalue weighted by Crippen LogP contribution is 2.24. The number of carboxylic acid groups (broad SMARTS) is 1. The van der Waals surface area contributed by atoms with Crippen LogP contribution < -0.4 is 5.14 Å². The number of hydrogen-bond acceptors (Lipinski definition) is 5. The highest BCUT2D eigenvalue weighted by molar-refractivity contribution is 7.89. The molecule has 0 saturated carbocycles. The molecule has 3 atom stereocenters. The predicted octanol–water partition coefficient (Wildman–Crippen LogP) is -0.467. The number of sulfonamides is 1. The number of ether oxygens (including phenoxy) is 1. The van der Waals surface area contributed by atoms with Crippen molar-refractivity contribution >= 4 is 21.9 Å². The van der Waals surface area contributed by atoms with Crippen LogP contribution in [0.2, 0.25) is 0 Å². The second kappa shape index (κ2) is 5.90. The zero-order valence-electron chi connectivity index (χ0n) is 12.6. The van der Waals surface area contributed by atoms with Crippen molar-refractivity contribution in [1.82, 2.24) is 4.90 Å². The molecule has 1 amide bonds. The minimum atomic E-state index is -3.88. The maximum Gasteiger partial charge on any atom is 0.329 e. The molecular weight excluding hydrogens is 300 g/mol. The van der Waals surface area contributed by atoms with Crippen LogP contribution in [-0.4, -0.2) is 59.8 Å². The van der Waals surface area contributed by atoms with E-state index in [1.807, 2.05) is 0 Å². The first kappa shape index (κ1) is 17.9. The Morgan fingerprint density at radius 3 is 2.33 bits per heavy atom. The molecular formula is C12H22N2O6S. The van der Waals surface area contributed by atoms with E-state index in [4.69, 9.17) is 9.88 Å². The SMILES string of the molecule is C[C@H](OC(C)(C)C)[C@H](C(=O)O)N1CC(S(N)(=O)=O)CC1=O. The van der Waals surface area contributed by atoms with Gasteiger partial charge in [0.05, 0.1) is 11.7 Å². The number of carbonyl (C=O) groups excluding carboxylic acids is 1. The molecule has 0 spiro atoms. The van der Waals surface area contributed by atoms with Crippen LogP contribution in [0, 0.1) is 0 Å². The summed E-state index contributed by atoms with van der Waals surface area (Å²) in [5.41, 5.74) is -0.588. The summed E-state index contributed by atoms with van der Waals surface area (Å²) in [5, 5.41) is 13.3. The summed E-state index contributed by atoms with van der Waals surface area (Å²) in [7, 11) is -3.88. The van der Waals surface area contributed by atoms with Gasteiger partial charge in [-0.2, -0.15) is 0 Å². The molecule has 1 saturated heterocycles. The Morgan fingerprint density at radius 2 is 2.00 bits per heavy atom. The average Bonchev–Trinajstić information content (AvgIpc) is 2.57. The maximum atomic E-state index is 11.9. The number of likely N-dealkylation sites (tertiary alicyclic amines) is 1. The van der Waals surface area contributed by atoms with Crippen molar-refractivity contribution in [2.24, 2.45) is 5.14 Å². The van der Waals surface area contributed by atoms with Gasteiger partial charge in [-0.25, -0.2) is 18.4 Å². The fourth-order valence-corrected chi connectivity index (χ4v) is 3.14. The molecule has 1 unspecified atom stereocenters. The van der Waals surface area contributed by atoms with Crippen LogP contribution >= 0.6 is 0 Å². The van der Waals surface area contributed by atoms with E-state index < -0.39 is 44.9 Å². The van der Waals surface area contributed by atoms with Gasteiger partial charge in [-0.1, -0.05) is 0 Å². The Morgan fingerprint density at radius 1 is 1.48 bits per heavy atom. The maximum absolute atomic E-state index is 11.9. The minimum absolute atomic E-state index is 0.230. The van der Waals surface area contributed by atoms with E-state index >= 15 is 0 Å². The second-order valence-electron chi connectivity index (χ2n) is 6.18. The molecule has 1 fully saturated rings. The van der Waals surface area contributed by atoms with Crippen LogP contribution in [0.15, 0.2) is 0 Å². The topological polar surface area (TPSA) is 127 Å². The second-order valence-corrected chi connectivity index (χ2v) is 8.02. The molecule has 1 heterocycles. The molecule has 0 aromatic rings. The number of nitrogens with two attached hydrogens (primary N) is 1. The summed E-state index contributed by atoms with van der Waals surface area (Å²) >= 11 is 0. The lowest BCUT2D eigenvalue weighted by Gasteiger charge is -2.33. The molecule has 0 aromatic carbocycles. The number of amides is 1. The van der Waals surface area contributed by atoms with Gasteiger partial charge in [0.1, 0.15) is 5.25 Å². The first-order chi connectivity index (χ1) is 9.33. The summed E-state index contributed by atoms with van der Waals surface area (Å²) in [6, 6.07) is -1.25. The van der Waals surface area contributed by atoms with Crippen molar-refractivity contribution in [2.45, 2.75) is 57.1 Å². The third-order valence-electron chi connectivity index (χ3n) is 3.16. The van der Waals surface area contributed by atoms with Gasteiger partial charge in [0.2, 0.25) is 15.9 Å². The number of aliphatic carboxylic acids is 1. The van der Waals surface area contributed by atoms with E-state index in [1.165, 1.54) is 0 Å². The molecule has 0 radical (unpaired) electrons. The van der Waals surface area contributed by atoms with Gasteiger partial charge in [-0.3, -0.25) is 4.79 Å². The summed E-state index contributed by atoms with van der Waals surface area (Å²) in [6.45, 7) is 6.61. The first-order valence-corrected chi connectivity index (χ1v) is 8.15. The van der Waals surface area contributed by atoms with Gasteiger partial charge < -0.3 is 14.7 Å². The van der Waals surface area contributed by atoms with Crippen LogP contribution in [0.3, 0.4) is 0 Å². The van der Waals surface area contributed by atoms with Gasteiger partial charge in [0.15, 0.2) is 6.04 Å².